The van der Waals surface area contributed by atoms with Crippen molar-refractivity contribution in [3.63, 3.8) is 0 Å². The van der Waals surface area contributed by atoms with Gasteiger partial charge in [-0.3, -0.25) is 0 Å². The zero-order chi connectivity index (χ0) is 13.8. The van der Waals surface area contributed by atoms with Gasteiger partial charge in [-0.25, -0.2) is 0 Å². The van der Waals surface area contributed by atoms with Gasteiger partial charge >= 0.3 is 0 Å². The van der Waals surface area contributed by atoms with E-state index >= 15 is 0 Å². The quantitative estimate of drug-likeness (QED) is 0.698. The first-order chi connectivity index (χ1) is 9.88. The molecule has 104 valence electrons. The summed E-state index contributed by atoms with van der Waals surface area (Å²) in [6, 6.07) is 19.2. The number of aryl methyl sites for hydroxylation is 1. The Bertz CT molecular complexity index is 552. The molecule has 1 aliphatic rings. The van der Waals surface area contributed by atoms with Crippen LogP contribution in [-0.4, -0.2) is 5.33 Å². The molecule has 2 unspecified atom stereocenters. The van der Waals surface area contributed by atoms with E-state index in [1.54, 1.807) is 0 Å². The Morgan fingerprint density at radius 3 is 2.60 bits per heavy atom. The first-order valence-corrected chi connectivity index (χ1v) is 8.35. The molecule has 0 amide bonds. The number of ether oxygens (including phenoxy) is 1. The van der Waals surface area contributed by atoms with E-state index in [-0.39, 0.29) is 12.2 Å². The zero-order valence-electron chi connectivity index (χ0n) is 11.5. The third-order valence-electron chi connectivity index (χ3n) is 3.95. The van der Waals surface area contributed by atoms with Crippen molar-refractivity contribution in [3.05, 3.63) is 71.3 Å². The van der Waals surface area contributed by atoms with Crippen LogP contribution in [0.5, 0.6) is 0 Å². The van der Waals surface area contributed by atoms with Gasteiger partial charge in [-0.1, -0.05) is 70.5 Å². The lowest BCUT2D eigenvalue weighted by Crippen LogP contribution is -2.16. The molecule has 1 aliphatic carbocycles. The van der Waals surface area contributed by atoms with Crippen LogP contribution in [0.15, 0.2) is 54.6 Å². The molecule has 1 nitrogen and oxygen atoms in total. The van der Waals surface area contributed by atoms with Crippen LogP contribution in [0.25, 0.3) is 0 Å². The van der Waals surface area contributed by atoms with E-state index in [1.807, 2.05) is 6.07 Å². The summed E-state index contributed by atoms with van der Waals surface area (Å²) in [5.74, 6) is 0. The summed E-state index contributed by atoms with van der Waals surface area (Å²) in [5, 5.41) is 0.829. The van der Waals surface area contributed by atoms with E-state index in [0.29, 0.717) is 0 Å². The minimum atomic E-state index is 0.118. The third kappa shape index (κ3) is 2.97. The highest BCUT2D eigenvalue weighted by Crippen LogP contribution is 2.36. The van der Waals surface area contributed by atoms with Crippen LogP contribution in [0.1, 0.15) is 41.7 Å². The number of halogens is 1. The average Bonchev–Trinajstić information content (AvgIpc) is 2.53. The highest BCUT2D eigenvalue weighted by atomic mass is 79.9. The molecule has 0 radical (unpaired) electrons. The van der Waals surface area contributed by atoms with Crippen molar-refractivity contribution in [1.29, 1.82) is 0 Å². The Kier molecular flexibility index (Phi) is 4.54. The molecule has 2 heteroatoms. The van der Waals surface area contributed by atoms with Crippen LogP contribution in [0, 0.1) is 0 Å². The highest BCUT2D eigenvalue weighted by Gasteiger charge is 2.24. The second kappa shape index (κ2) is 6.55. The number of fused-ring (bicyclic) bond motifs is 1. The third-order valence-corrected chi connectivity index (χ3v) is 4.54. The molecule has 2 aromatic rings. The second-order valence-corrected chi connectivity index (χ2v) is 5.92. The smallest absolute Gasteiger partial charge is 0.0930 e. The summed E-state index contributed by atoms with van der Waals surface area (Å²) >= 11 is 3.59. The summed E-state index contributed by atoms with van der Waals surface area (Å²) in [6.07, 6.45) is 3.86. The fourth-order valence-electron chi connectivity index (χ4n) is 2.92. The van der Waals surface area contributed by atoms with Gasteiger partial charge < -0.3 is 4.74 Å². The van der Waals surface area contributed by atoms with Gasteiger partial charge in [0, 0.05) is 5.33 Å². The Hall–Kier alpha value is -1.12. The number of alkyl halides is 1. The van der Waals surface area contributed by atoms with Crippen molar-refractivity contribution in [1.82, 2.24) is 0 Å². The monoisotopic (exact) mass is 330 g/mol. The van der Waals surface area contributed by atoms with E-state index in [9.17, 15) is 0 Å². The van der Waals surface area contributed by atoms with Gasteiger partial charge in [0.2, 0.25) is 0 Å². The van der Waals surface area contributed by atoms with Crippen LogP contribution in [-0.2, 0) is 11.2 Å². The molecule has 0 saturated heterocycles. The molecule has 2 atom stereocenters. The van der Waals surface area contributed by atoms with E-state index in [0.717, 1.165) is 11.8 Å². The fraction of sp³-hybridized carbons (Fsp3) is 0.333. The first-order valence-electron chi connectivity index (χ1n) is 7.22. The number of benzene rings is 2. The topological polar surface area (TPSA) is 9.23 Å². The maximum Gasteiger partial charge on any atom is 0.0930 e. The molecule has 2 aromatic carbocycles. The molecule has 0 saturated carbocycles. The molecule has 3 rings (SSSR count). The van der Waals surface area contributed by atoms with Crippen LogP contribution in [0.4, 0.5) is 0 Å². The predicted octanol–water partition coefficient (Wildman–Crippen LogP) is 5.22. The van der Waals surface area contributed by atoms with Gasteiger partial charge in [0.05, 0.1) is 12.2 Å². The minimum Gasteiger partial charge on any atom is -0.365 e. The summed E-state index contributed by atoms with van der Waals surface area (Å²) in [6.45, 7) is 0. The second-order valence-electron chi connectivity index (χ2n) is 5.27. The van der Waals surface area contributed by atoms with Crippen molar-refractivity contribution >= 4 is 15.9 Å². The van der Waals surface area contributed by atoms with Crippen LogP contribution < -0.4 is 0 Å². The molecule has 0 N–H and O–H groups in total. The summed E-state index contributed by atoms with van der Waals surface area (Å²) < 4.78 is 6.41. The normalized spacial score (nSPS) is 19.4. The maximum absolute atomic E-state index is 6.41. The molecule has 0 bridgehead atoms. The first kappa shape index (κ1) is 13.8. The predicted molar refractivity (Wildman–Crippen MR) is 86.2 cm³/mol. The highest BCUT2D eigenvalue weighted by molar-refractivity contribution is 9.09. The largest absolute Gasteiger partial charge is 0.365 e. The molecule has 0 heterocycles. The lowest BCUT2D eigenvalue weighted by molar-refractivity contribution is -0.0110. The standard InChI is InChI=1S/C18H19BrO/c19-13-18(15-8-2-1-3-9-15)20-17-12-6-10-14-7-4-5-11-16(14)17/h1-5,7-9,11,17-18H,6,10,12-13H2. The average molecular weight is 331 g/mol. The van der Waals surface area contributed by atoms with E-state index in [2.05, 4.69) is 64.5 Å². The number of hydrogen-bond acceptors (Lipinski definition) is 1. The molecule has 0 aliphatic heterocycles. The number of rotatable bonds is 4. The van der Waals surface area contributed by atoms with E-state index < -0.39 is 0 Å². The molecular weight excluding hydrogens is 312 g/mol. The van der Waals surface area contributed by atoms with Crippen molar-refractivity contribution in [2.45, 2.75) is 31.5 Å². The molecular formula is C18H19BrO. The van der Waals surface area contributed by atoms with E-state index in [4.69, 9.17) is 4.74 Å². The minimum absolute atomic E-state index is 0.118. The van der Waals surface area contributed by atoms with Crippen LogP contribution in [0.3, 0.4) is 0 Å². The number of hydrogen-bond donors (Lipinski definition) is 0. The van der Waals surface area contributed by atoms with Crippen molar-refractivity contribution in [2.75, 3.05) is 5.33 Å². The fourth-order valence-corrected chi connectivity index (χ4v) is 3.45. The van der Waals surface area contributed by atoms with E-state index in [1.165, 1.54) is 29.5 Å². The molecule has 0 aromatic heterocycles. The van der Waals surface area contributed by atoms with Gasteiger partial charge in [-0.2, -0.15) is 0 Å². The van der Waals surface area contributed by atoms with Crippen LogP contribution in [0.2, 0.25) is 0 Å². The lowest BCUT2D eigenvalue weighted by Gasteiger charge is -2.29. The van der Waals surface area contributed by atoms with Gasteiger partial charge in [-0.15, -0.1) is 0 Å². The van der Waals surface area contributed by atoms with Gasteiger partial charge in [0.15, 0.2) is 0 Å². The van der Waals surface area contributed by atoms with Crippen molar-refractivity contribution in [3.8, 4) is 0 Å². The molecule has 20 heavy (non-hydrogen) atoms. The van der Waals surface area contributed by atoms with Gasteiger partial charge in [0.25, 0.3) is 0 Å². The Labute approximate surface area is 129 Å². The maximum atomic E-state index is 6.41. The van der Waals surface area contributed by atoms with Crippen molar-refractivity contribution < 1.29 is 4.74 Å². The Balaban J connectivity index is 1.81. The summed E-state index contributed by atoms with van der Waals surface area (Å²) in [4.78, 5) is 0. The zero-order valence-corrected chi connectivity index (χ0v) is 13.1. The molecule has 0 spiro atoms. The lowest BCUT2D eigenvalue weighted by atomic mass is 9.89. The van der Waals surface area contributed by atoms with Crippen LogP contribution >= 0.6 is 15.9 Å². The summed E-state index contributed by atoms with van der Waals surface area (Å²) in [5.41, 5.74) is 4.07. The van der Waals surface area contributed by atoms with Gasteiger partial charge in [-0.05, 0) is 36.0 Å². The Morgan fingerprint density at radius 1 is 1.05 bits per heavy atom. The summed E-state index contributed by atoms with van der Waals surface area (Å²) in [7, 11) is 0. The van der Waals surface area contributed by atoms with Crippen molar-refractivity contribution in [2.24, 2.45) is 0 Å². The van der Waals surface area contributed by atoms with Gasteiger partial charge in [0.1, 0.15) is 0 Å². The SMILES string of the molecule is BrCC(OC1CCCc2ccccc21)c1ccccc1. The Morgan fingerprint density at radius 2 is 1.80 bits per heavy atom. The molecule has 0 fully saturated rings.